The average molecular weight is 276 g/mol. The van der Waals surface area contributed by atoms with Crippen LogP contribution in [0.2, 0.25) is 0 Å². The SMILES string of the molecule is Cc1ccc(N(C)CC(C)(C)C)c(CNC(C)(C)C)c1. The van der Waals surface area contributed by atoms with Crippen LogP contribution in [0.4, 0.5) is 5.69 Å². The van der Waals surface area contributed by atoms with Crippen molar-refractivity contribution in [3.63, 3.8) is 0 Å². The number of benzene rings is 1. The van der Waals surface area contributed by atoms with Crippen LogP contribution in [0.5, 0.6) is 0 Å². The van der Waals surface area contributed by atoms with E-state index in [2.05, 4.69) is 83.9 Å². The van der Waals surface area contributed by atoms with Crippen molar-refractivity contribution in [1.82, 2.24) is 5.32 Å². The largest absolute Gasteiger partial charge is 0.374 e. The number of rotatable bonds is 4. The number of anilines is 1. The Bertz CT molecular complexity index is 436. The zero-order valence-corrected chi connectivity index (χ0v) is 14.6. The molecule has 1 N–H and O–H groups in total. The molecule has 0 unspecified atom stereocenters. The van der Waals surface area contributed by atoms with Crippen LogP contribution in [0.25, 0.3) is 0 Å². The number of hydrogen-bond acceptors (Lipinski definition) is 2. The molecular weight excluding hydrogens is 244 g/mol. The monoisotopic (exact) mass is 276 g/mol. The molecule has 1 aromatic rings. The van der Waals surface area contributed by atoms with Crippen molar-refractivity contribution in [3.05, 3.63) is 29.3 Å². The van der Waals surface area contributed by atoms with Gasteiger partial charge in [0.2, 0.25) is 0 Å². The van der Waals surface area contributed by atoms with Crippen LogP contribution in [0.3, 0.4) is 0 Å². The van der Waals surface area contributed by atoms with Crippen LogP contribution in [0.15, 0.2) is 18.2 Å². The Balaban J connectivity index is 2.95. The van der Waals surface area contributed by atoms with Crippen molar-refractivity contribution in [2.24, 2.45) is 5.41 Å². The van der Waals surface area contributed by atoms with Gasteiger partial charge in [-0.3, -0.25) is 0 Å². The molecule has 2 heteroatoms. The summed E-state index contributed by atoms with van der Waals surface area (Å²) in [5.41, 5.74) is 4.48. The lowest BCUT2D eigenvalue weighted by molar-refractivity contribution is 0.414. The summed E-state index contributed by atoms with van der Waals surface area (Å²) in [5, 5.41) is 3.60. The summed E-state index contributed by atoms with van der Waals surface area (Å²) in [7, 11) is 2.19. The molecule has 114 valence electrons. The molecule has 0 aliphatic carbocycles. The maximum absolute atomic E-state index is 3.60. The normalized spacial score (nSPS) is 12.6. The third-order valence-corrected chi connectivity index (χ3v) is 3.17. The van der Waals surface area contributed by atoms with E-state index in [0.29, 0.717) is 5.41 Å². The van der Waals surface area contributed by atoms with Gasteiger partial charge in [-0.05, 0) is 44.7 Å². The first kappa shape index (κ1) is 17.0. The molecule has 0 amide bonds. The van der Waals surface area contributed by atoms with Crippen molar-refractivity contribution in [1.29, 1.82) is 0 Å². The fourth-order valence-electron chi connectivity index (χ4n) is 2.39. The molecule has 0 spiro atoms. The molecule has 20 heavy (non-hydrogen) atoms. The highest BCUT2D eigenvalue weighted by Gasteiger charge is 2.17. The predicted octanol–water partition coefficient (Wildman–Crippen LogP) is 4.37. The van der Waals surface area contributed by atoms with Gasteiger partial charge in [0.1, 0.15) is 0 Å². The third kappa shape index (κ3) is 5.96. The number of hydrogen-bond donors (Lipinski definition) is 1. The molecule has 1 rings (SSSR count). The molecular formula is C18H32N2. The first-order valence-electron chi connectivity index (χ1n) is 7.54. The van der Waals surface area contributed by atoms with Crippen LogP contribution < -0.4 is 10.2 Å². The minimum atomic E-state index is 0.142. The van der Waals surface area contributed by atoms with Gasteiger partial charge in [0, 0.05) is 31.4 Å². The maximum atomic E-state index is 3.60. The van der Waals surface area contributed by atoms with E-state index in [1.54, 1.807) is 0 Å². The topological polar surface area (TPSA) is 15.3 Å². The van der Waals surface area contributed by atoms with E-state index in [0.717, 1.165) is 13.1 Å². The molecule has 0 saturated carbocycles. The van der Waals surface area contributed by atoms with Gasteiger partial charge in [-0.2, -0.15) is 0 Å². The first-order chi connectivity index (χ1) is 8.98. The maximum Gasteiger partial charge on any atom is 0.0409 e. The predicted molar refractivity (Wildman–Crippen MR) is 90.5 cm³/mol. The highest BCUT2D eigenvalue weighted by atomic mass is 15.1. The van der Waals surface area contributed by atoms with E-state index in [1.165, 1.54) is 16.8 Å². The molecule has 0 radical (unpaired) electrons. The smallest absolute Gasteiger partial charge is 0.0409 e. The van der Waals surface area contributed by atoms with Crippen molar-refractivity contribution < 1.29 is 0 Å². The lowest BCUT2D eigenvalue weighted by Gasteiger charge is -2.31. The van der Waals surface area contributed by atoms with Gasteiger partial charge >= 0.3 is 0 Å². The van der Waals surface area contributed by atoms with Crippen molar-refractivity contribution in [2.75, 3.05) is 18.5 Å². The summed E-state index contributed by atoms with van der Waals surface area (Å²) in [5.74, 6) is 0. The van der Waals surface area contributed by atoms with Gasteiger partial charge in [-0.1, -0.05) is 38.5 Å². The van der Waals surface area contributed by atoms with Crippen molar-refractivity contribution in [3.8, 4) is 0 Å². The second-order valence-electron chi connectivity index (χ2n) is 8.15. The van der Waals surface area contributed by atoms with Crippen LogP contribution in [-0.4, -0.2) is 19.1 Å². The van der Waals surface area contributed by atoms with Gasteiger partial charge in [-0.15, -0.1) is 0 Å². The Labute approximate surface area is 125 Å². The number of nitrogens with one attached hydrogen (secondary N) is 1. The van der Waals surface area contributed by atoms with E-state index in [9.17, 15) is 0 Å². The van der Waals surface area contributed by atoms with Gasteiger partial charge in [0.25, 0.3) is 0 Å². The van der Waals surface area contributed by atoms with E-state index in [4.69, 9.17) is 0 Å². The Morgan fingerprint density at radius 3 is 2.15 bits per heavy atom. The number of nitrogens with zero attached hydrogens (tertiary/aromatic N) is 1. The summed E-state index contributed by atoms with van der Waals surface area (Å²) in [4.78, 5) is 2.37. The Morgan fingerprint density at radius 2 is 1.65 bits per heavy atom. The van der Waals surface area contributed by atoms with Crippen LogP contribution in [0.1, 0.15) is 52.7 Å². The summed E-state index contributed by atoms with van der Waals surface area (Å²) in [6.07, 6.45) is 0. The van der Waals surface area contributed by atoms with Crippen molar-refractivity contribution >= 4 is 5.69 Å². The van der Waals surface area contributed by atoms with E-state index in [1.807, 2.05) is 0 Å². The van der Waals surface area contributed by atoms with Gasteiger partial charge in [0.05, 0.1) is 0 Å². The van der Waals surface area contributed by atoms with Gasteiger partial charge < -0.3 is 10.2 Å². The van der Waals surface area contributed by atoms with E-state index >= 15 is 0 Å². The summed E-state index contributed by atoms with van der Waals surface area (Å²) >= 11 is 0. The summed E-state index contributed by atoms with van der Waals surface area (Å²) in [6.45, 7) is 17.6. The fraction of sp³-hybridized carbons (Fsp3) is 0.667. The standard InChI is InChI=1S/C18H32N2/c1-14-9-10-16(20(8)13-17(2,3)4)15(11-14)12-19-18(5,6)7/h9-11,19H,12-13H2,1-8H3. The first-order valence-corrected chi connectivity index (χ1v) is 7.54. The quantitative estimate of drug-likeness (QED) is 0.878. The number of aryl methyl sites for hydroxylation is 1. The minimum absolute atomic E-state index is 0.142. The average Bonchev–Trinajstić information content (AvgIpc) is 2.22. The molecule has 0 atom stereocenters. The Morgan fingerprint density at radius 1 is 1.05 bits per heavy atom. The third-order valence-electron chi connectivity index (χ3n) is 3.17. The molecule has 0 aromatic heterocycles. The summed E-state index contributed by atoms with van der Waals surface area (Å²) < 4.78 is 0. The van der Waals surface area contributed by atoms with Crippen LogP contribution in [0, 0.1) is 12.3 Å². The second-order valence-corrected chi connectivity index (χ2v) is 8.15. The van der Waals surface area contributed by atoms with Gasteiger partial charge in [0.15, 0.2) is 0 Å². The highest BCUT2D eigenvalue weighted by molar-refractivity contribution is 5.54. The highest BCUT2D eigenvalue weighted by Crippen LogP contribution is 2.25. The second kappa shape index (κ2) is 6.17. The molecule has 0 aliphatic rings. The van der Waals surface area contributed by atoms with E-state index in [-0.39, 0.29) is 5.54 Å². The lowest BCUT2D eigenvalue weighted by atomic mass is 9.95. The summed E-state index contributed by atoms with van der Waals surface area (Å²) in [6, 6.07) is 6.75. The Kier molecular flexibility index (Phi) is 5.26. The lowest BCUT2D eigenvalue weighted by Crippen LogP contribution is -2.36. The minimum Gasteiger partial charge on any atom is -0.374 e. The molecule has 0 saturated heterocycles. The molecule has 0 bridgehead atoms. The molecule has 0 fully saturated rings. The molecule has 0 aliphatic heterocycles. The molecule has 1 aromatic carbocycles. The van der Waals surface area contributed by atoms with Crippen LogP contribution >= 0.6 is 0 Å². The van der Waals surface area contributed by atoms with Gasteiger partial charge in [-0.25, -0.2) is 0 Å². The van der Waals surface area contributed by atoms with E-state index < -0.39 is 0 Å². The zero-order chi connectivity index (χ0) is 15.6. The Hall–Kier alpha value is -1.02. The molecule has 2 nitrogen and oxygen atoms in total. The van der Waals surface area contributed by atoms with Crippen LogP contribution in [-0.2, 0) is 6.54 Å². The molecule has 0 heterocycles. The van der Waals surface area contributed by atoms with Crippen molar-refractivity contribution in [2.45, 2.75) is 60.5 Å². The fourth-order valence-corrected chi connectivity index (χ4v) is 2.39. The zero-order valence-electron chi connectivity index (χ0n) is 14.6.